The lowest BCUT2D eigenvalue weighted by molar-refractivity contribution is -0.711. The van der Waals surface area contributed by atoms with Gasteiger partial charge in [0.05, 0.1) is 18.2 Å². The molecular weight excluding hydrogens is 370 g/mol. The molecule has 2 aromatic heterocycles. The van der Waals surface area contributed by atoms with Crippen LogP contribution in [0.1, 0.15) is 23.7 Å². The highest BCUT2D eigenvalue weighted by molar-refractivity contribution is 7.98. The molecule has 0 spiro atoms. The van der Waals surface area contributed by atoms with Gasteiger partial charge >= 0.3 is 5.56 Å². The van der Waals surface area contributed by atoms with Gasteiger partial charge in [-0.3, -0.25) is 0 Å². The van der Waals surface area contributed by atoms with Crippen LogP contribution in [0.5, 0.6) is 5.88 Å². The molecule has 132 valence electrons. The highest BCUT2D eigenvalue weighted by Crippen LogP contribution is 2.35. The van der Waals surface area contributed by atoms with E-state index in [2.05, 4.69) is 4.98 Å². The summed E-state index contributed by atoms with van der Waals surface area (Å²) < 4.78 is 3.42. The summed E-state index contributed by atoms with van der Waals surface area (Å²) in [5, 5.41) is 13.2. The van der Waals surface area contributed by atoms with E-state index in [-0.39, 0.29) is 22.4 Å². The average molecular weight is 386 g/mol. The molecule has 5 nitrogen and oxygen atoms in total. The largest absolute Gasteiger partial charge is 0.842 e. The summed E-state index contributed by atoms with van der Waals surface area (Å²) in [5.74, 6) is 1.11. The fourth-order valence-corrected chi connectivity index (χ4v) is 4.70. The number of fused-ring (bicyclic) bond motifs is 1. The molecule has 0 N–H and O–H groups in total. The maximum Gasteiger partial charge on any atom is 0.345 e. The quantitative estimate of drug-likeness (QED) is 0.513. The number of nitrogens with zero attached hydrogens (tertiary/aromatic N) is 3. The Kier molecular flexibility index (Phi) is 4.46. The first-order valence-corrected chi connectivity index (χ1v) is 9.71. The van der Waals surface area contributed by atoms with Gasteiger partial charge in [0.15, 0.2) is 5.37 Å². The van der Waals surface area contributed by atoms with Gasteiger partial charge in [-0.05, 0) is 24.6 Å². The third-order valence-corrected chi connectivity index (χ3v) is 5.95. The van der Waals surface area contributed by atoms with Gasteiger partial charge in [0.2, 0.25) is 0 Å². The van der Waals surface area contributed by atoms with E-state index in [4.69, 9.17) is 11.6 Å². The number of benzene rings is 1. The molecule has 1 aliphatic rings. The SMILES string of the molecule is CCn1c([O-])c(-c2ccccc2)c(=O)[n+]2c1CSC2c1ccc(Cl)nc1. The summed E-state index contributed by atoms with van der Waals surface area (Å²) in [5.41, 5.74) is 1.49. The summed E-state index contributed by atoms with van der Waals surface area (Å²) in [6.45, 7) is 2.43. The van der Waals surface area contributed by atoms with Crippen LogP contribution in [-0.4, -0.2) is 9.55 Å². The summed E-state index contributed by atoms with van der Waals surface area (Å²) in [7, 11) is 0. The third-order valence-electron chi connectivity index (χ3n) is 4.50. The van der Waals surface area contributed by atoms with Gasteiger partial charge in [-0.1, -0.05) is 53.7 Å². The maximum absolute atomic E-state index is 13.3. The minimum atomic E-state index is -0.258. The van der Waals surface area contributed by atoms with Crippen molar-refractivity contribution in [1.82, 2.24) is 9.55 Å². The zero-order chi connectivity index (χ0) is 18.3. The van der Waals surface area contributed by atoms with Gasteiger partial charge in [-0.25, -0.2) is 14.3 Å². The molecule has 1 aromatic carbocycles. The summed E-state index contributed by atoms with van der Waals surface area (Å²) in [6.07, 6.45) is 1.69. The lowest BCUT2D eigenvalue weighted by Gasteiger charge is -2.18. The van der Waals surface area contributed by atoms with Gasteiger partial charge < -0.3 is 5.11 Å². The van der Waals surface area contributed by atoms with Crippen molar-refractivity contribution in [3.63, 3.8) is 0 Å². The van der Waals surface area contributed by atoms with Crippen molar-refractivity contribution in [1.29, 1.82) is 0 Å². The van der Waals surface area contributed by atoms with Gasteiger partial charge in [-0.2, -0.15) is 4.57 Å². The Morgan fingerprint density at radius 1 is 1.31 bits per heavy atom. The van der Waals surface area contributed by atoms with Gasteiger partial charge in [0.25, 0.3) is 5.82 Å². The van der Waals surface area contributed by atoms with Crippen LogP contribution in [0.4, 0.5) is 0 Å². The number of halogens is 1. The highest BCUT2D eigenvalue weighted by atomic mass is 35.5. The molecule has 4 rings (SSSR count). The molecule has 0 aliphatic carbocycles. The lowest BCUT2D eigenvalue weighted by Crippen LogP contribution is -2.55. The topological polar surface area (TPSA) is 61.8 Å². The van der Waals surface area contributed by atoms with E-state index in [0.29, 0.717) is 23.0 Å². The molecule has 3 aromatic rings. The summed E-state index contributed by atoms with van der Waals surface area (Å²) in [4.78, 5) is 17.4. The van der Waals surface area contributed by atoms with E-state index < -0.39 is 0 Å². The fraction of sp³-hybridized carbons (Fsp3) is 0.211. The second-order valence-corrected chi connectivity index (χ2v) is 7.42. The average Bonchev–Trinajstić information content (AvgIpc) is 3.09. The van der Waals surface area contributed by atoms with Crippen LogP contribution < -0.4 is 15.2 Å². The zero-order valence-electron chi connectivity index (χ0n) is 14.1. The van der Waals surface area contributed by atoms with E-state index in [0.717, 1.165) is 11.4 Å². The second-order valence-electron chi connectivity index (χ2n) is 5.96. The maximum atomic E-state index is 13.3. The van der Waals surface area contributed by atoms with Crippen LogP contribution in [0.3, 0.4) is 0 Å². The van der Waals surface area contributed by atoms with Crippen LogP contribution in [0.15, 0.2) is 53.5 Å². The minimum absolute atomic E-state index is 0.214. The standard InChI is InChI=1S/C19H16ClN3O2S/c1-2-22-15-11-26-19(13-8-9-14(20)21-10-13)23(15)18(25)16(17(22)24)12-6-4-3-5-7-12/h3-10,19H,2,11H2,1H3. The summed E-state index contributed by atoms with van der Waals surface area (Å²) >= 11 is 7.50. The second kappa shape index (κ2) is 6.78. The van der Waals surface area contributed by atoms with E-state index in [9.17, 15) is 9.90 Å². The van der Waals surface area contributed by atoms with Crippen molar-refractivity contribution in [2.24, 2.45) is 0 Å². The fourth-order valence-electron chi connectivity index (χ4n) is 3.29. The Morgan fingerprint density at radius 2 is 2.08 bits per heavy atom. The molecule has 0 fully saturated rings. The molecule has 0 saturated heterocycles. The van der Waals surface area contributed by atoms with Crippen LogP contribution in [0.2, 0.25) is 5.15 Å². The van der Waals surface area contributed by atoms with Crippen molar-refractivity contribution in [3.8, 4) is 17.0 Å². The summed E-state index contributed by atoms with van der Waals surface area (Å²) in [6, 6.07) is 12.7. The Morgan fingerprint density at radius 3 is 2.73 bits per heavy atom. The molecule has 0 saturated carbocycles. The first-order valence-electron chi connectivity index (χ1n) is 8.28. The minimum Gasteiger partial charge on any atom is -0.842 e. The van der Waals surface area contributed by atoms with Crippen molar-refractivity contribution in [2.75, 3.05) is 0 Å². The van der Waals surface area contributed by atoms with Crippen molar-refractivity contribution < 1.29 is 9.67 Å². The molecule has 0 bridgehead atoms. The van der Waals surface area contributed by atoms with E-state index >= 15 is 0 Å². The number of rotatable bonds is 3. The highest BCUT2D eigenvalue weighted by Gasteiger charge is 2.37. The van der Waals surface area contributed by atoms with Gasteiger partial charge in [-0.15, -0.1) is 0 Å². The molecule has 26 heavy (non-hydrogen) atoms. The first-order chi connectivity index (χ1) is 12.6. The molecule has 1 unspecified atom stereocenters. The first kappa shape index (κ1) is 17.1. The number of aromatic nitrogens is 3. The number of hydrogen-bond acceptors (Lipinski definition) is 4. The Labute approximate surface area is 159 Å². The Balaban J connectivity index is 1.97. The van der Waals surface area contributed by atoms with Crippen LogP contribution in [0, 0.1) is 0 Å². The monoisotopic (exact) mass is 385 g/mol. The molecule has 7 heteroatoms. The van der Waals surface area contributed by atoms with Crippen LogP contribution in [0.25, 0.3) is 11.1 Å². The molecule has 0 radical (unpaired) electrons. The van der Waals surface area contributed by atoms with Gasteiger partial charge in [0.1, 0.15) is 10.7 Å². The van der Waals surface area contributed by atoms with E-state index in [1.54, 1.807) is 45.3 Å². The van der Waals surface area contributed by atoms with Crippen LogP contribution in [-0.2, 0) is 12.3 Å². The predicted octanol–water partition coefficient (Wildman–Crippen LogP) is 2.74. The van der Waals surface area contributed by atoms with Crippen molar-refractivity contribution in [3.05, 3.63) is 75.6 Å². The Hall–Kier alpha value is -2.31. The van der Waals surface area contributed by atoms with E-state index in [1.165, 1.54) is 0 Å². The van der Waals surface area contributed by atoms with Crippen molar-refractivity contribution in [2.45, 2.75) is 24.6 Å². The molecule has 1 aliphatic heterocycles. The van der Waals surface area contributed by atoms with Gasteiger partial charge in [0, 0.05) is 11.8 Å². The zero-order valence-corrected chi connectivity index (χ0v) is 15.6. The van der Waals surface area contributed by atoms with Crippen molar-refractivity contribution >= 4 is 23.4 Å². The lowest BCUT2D eigenvalue weighted by atomic mass is 10.1. The van der Waals surface area contributed by atoms with Crippen LogP contribution >= 0.6 is 23.4 Å². The number of hydrogen-bond donors (Lipinski definition) is 0. The Bertz CT molecular complexity index is 1020. The normalized spacial score (nSPS) is 15.8. The number of pyridine rings is 1. The molecule has 0 amide bonds. The van der Waals surface area contributed by atoms with E-state index in [1.807, 2.05) is 31.2 Å². The molecule has 3 heterocycles. The predicted molar refractivity (Wildman–Crippen MR) is 100 cm³/mol. The molecule has 1 atom stereocenters. The number of thioether (sulfide) groups is 1. The smallest absolute Gasteiger partial charge is 0.345 e. The molecular formula is C19H16ClN3O2S. The third kappa shape index (κ3) is 2.70.